The molecular weight excluding hydrogens is 330 g/mol. The molecule has 24 heavy (non-hydrogen) atoms. The minimum Gasteiger partial charge on any atom is -0.495 e. The standard InChI is InChI=1S/C17H27N3O3.ClH/c1-23-15-5-3-2-4-14(15)19-11-8-18(9-12-19)10-13-20-16(21)6-7-17(20)22;/h2-5,16-17,21-22H,6-13H2,1H3;1H. The molecule has 0 aromatic heterocycles. The first-order chi connectivity index (χ1) is 11.2. The largest absolute Gasteiger partial charge is 0.495 e. The zero-order valence-corrected chi connectivity index (χ0v) is 15.0. The molecule has 136 valence electrons. The Bertz CT molecular complexity index is 502. The predicted octanol–water partition coefficient (Wildman–Crippen LogP) is 0.972. The Hall–Kier alpha value is -1.05. The molecule has 1 aromatic rings. The van der Waals surface area contributed by atoms with Crippen molar-refractivity contribution in [2.24, 2.45) is 0 Å². The topological polar surface area (TPSA) is 59.4 Å². The van der Waals surface area contributed by atoms with Crippen LogP contribution in [-0.2, 0) is 0 Å². The molecule has 0 spiro atoms. The third kappa shape index (κ3) is 4.32. The van der Waals surface area contributed by atoms with Crippen LogP contribution >= 0.6 is 12.4 Å². The van der Waals surface area contributed by atoms with E-state index in [4.69, 9.17) is 4.74 Å². The van der Waals surface area contributed by atoms with E-state index in [1.807, 2.05) is 18.2 Å². The first-order valence-electron chi connectivity index (χ1n) is 8.41. The van der Waals surface area contributed by atoms with E-state index in [1.165, 1.54) is 0 Å². The number of anilines is 1. The molecule has 0 amide bonds. The van der Waals surface area contributed by atoms with Crippen molar-refractivity contribution in [3.63, 3.8) is 0 Å². The zero-order chi connectivity index (χ0) is 16.2. The molecule has 6 nitrogen and oxygen atoms in total. The molecule has 2 aliphatic heterocycles. The highest BCUT2D eigenvalue weighted by molar-refractivity contribution is 5.85. The molecule has 0 bridgehead atoms. The van der Waals surface area contributed by atoms with Gasteiger partial charge in [0.1, 0.15) is 18.2 Å². The van der Waals surface area contributed by atoms with Gasteiger partial charge < -0.3 is 19.8 Å². The van der Waals surface area contributed by atoms with Crippen molar-refractivity contribution in [3.05, 3.63) is 24.3 Å². The number of ether oxygens (including phenoxy) is 1. The van der Waals surface area contributed by atoms with Gasteiger partial charge in [-0.1, -0.05) is 12.1 Å². The van der Waals surface area contributed by atoms with E-state index in [0.717, 1.165) is 50.7 Å². The summed E-state index contributed by atoms with van der Waals surface area (Å²) < 4.78 is 5.45. The first kappa shape index (κ1) is 19.3. The lowest BCUT2D eigenvalue weighted by Crippen LogP contribution is -2.49. The number of aliphatic hydroxyl groups is 2. The second kappa shape index (κ2) is 8.87. The molecule has 2 saturated heterocycles. The van der Waals surface area contributed by atoms with Gasteiger partial charge in [-0.15, -0.1) is 12.4 Å². The third-order valence-corrected chi connectivity index (χ3v) is 4.92. The van der Waals surface area contributed by atoms with Crippen LogP contribution in [0.3, 0.4) is 0 Å². The van der Waals surface area contributed by atoms with Crippen LogP contribution < -0.4 is 9.64 Å². The molecule has 2 atom stereocenters. The molecule has 3 rings (SSSR count). The van der Waals surface area contributed by atoms with E-state index in [1.54, 1.807) is 12.0 Å². The maximum atomic E-state index is 9.86. The molecule has 2 aliphatic rings. The predicted molar refractivity (Wildman–Crippen MR) is 96.8 cm³/mol. The minimum absolute atomic E-state index is 0. The molecule has 0 saturated carbocycles. The number of halogens is 1. The Morgan fingerprint density at radius 3 is 2.25 bits per heavy atom. The van der Waals surface area contributed by atoms with Crippen molar-refractivity contribution >= 4 is 18.1 Å². The lowest BCUT2D eigenvalue weighted by atomic mass is 10.2. The van der Waals surface area contributed by atoms with Crippen molar-refractivity contribution in [2.75, 3.05) is 51.3 Å². The fourth-order valence-corrected chi connectivity index (χ4v) is 3.49. The number of aliphatic hydroxyl groups excluding tert-OH is 2. The summed E-state index contributed by atoms with van der Waals surface area (Å²) in [6, 6.07) is 8.13. The van der Waals surface area contributed by atoms with Crippen LogP contribution in [0.4, 0.5) is 5.69 Å². The number of hydrogen-bond donors (Lipinski definition) is 2. The summed E-state index contributed by atoms with van der Waals surface area (Å²) in [6.45, 7) is 5.50. The summed E-state index contributed by atoms with van der Waals surface area (Å²) in [7, 11) is 1.71. The number of methoxy groups -OCH3 is 1. The van der Waals surface area contributed by atoms with Gasteiger partial charge in [-0.3, -0.25) is 9.80 Å². The van der Waals surface area contributed by atoms with Gasteiger partial charge in [0.2, 0.25) is 0 Å². The van der Waals surface area contributed by atoms with Crippen molar-refractivity contribution in [2.45, 2.75) is 25.3 Å². The average molecular weight is 358 g/mol. The number of likely N-dealkylation sites (tertiary alicyclic amines) is 1. The van der Waals surface area contributed by atoms with Gasteiger partial charge in [0, 0.05) is 39.3 Å². The van der Waals surface area contributed by atoms with E-state index < -0.39 is 12.5 Å². The van der Waals surface area contributed by atoms with Crippen LogP contribution in [0.2, 0.25) is 0 Å². The van der Waals surface area contributed by atoms with Gasteiger partial charge in [-0.2, -0.15) is 0 Å². The summed E-state index contributed by atoms with van der Waals surface area (Å²) in [4.78, 5) is 6.55. The molecule has 0 radical (unpaired) electrons. The van der Waals surface area contributed by atoms with E-state index in [2.05, 4.69) is 15.9 Å². The Balaban J connectivity index is 0.00000208. The molecule has 7 heteroatoms. The summed E-state index contributed by atoms with van der Waals surface area (Å²) in [5, 5.41) is 19.7. The first-order valence-corrected chi connectivity index (χ1v) is 8.41. The van der Waals surface area contributed by atoms with Crippen molar-refractivity contribution in [1.82, 2.24) is 9.80 Å². The van der Waals surface area contributed by atoms with E-state index >= 15 is 0 Å². The highest BCUT2D eigenvalue weighted by Gasteiger charge is 2.30. The van der Waals surface area contributed by atoms with Gasteiger partial charge in [-0.25, -0.2) is 0 Å². The highest BCUT2D eigenvalue weighted by Crippen LogP contribution is 2.28. The summed E-state index contributed by atoms with van der Waals surface area (Å²) in [6.07, 6.45) is 0.366. The lowest BCUT2D eigenvalue weighted by Gasteiger charge is -2.37. The van der Waals surface area contributed by atoms with E-state index in [9.17, 15) is 10.2 Å². The molecule has 1 aromatic carbocycles. The highest BCUT2D eigenvalue weighted by atomic mass is 35.5. The monoisotopic (exact) mass is 357 g/mol. The van der Waals surface area contributed by atoms with Crippen LogP contribution in [0.5, 0.6) is 5.75 Å². The molecule has 2 fully saturated rings. The van der Waals surface area contributed by atoms with Gasteiger partial charge in [0.15, 0.2) is 0 Å². The Labute approximate surface area is 150 Å². The van der Waals surface area contributed by atoms with Gasteiger partial charge in [0.05, 0.1) is 12.8 Å². The minimum atomic E-state index is -0.486. The number of benzene rings is 1. The Kier molecular flexibility index (Phi) is 7.13. The van der Waals surface area contributed by atoms with Gasteiger partial charge in [0.25, 0.3) is 0 Å². The van der Waals surface area contributed by atoms with Crippen LogP contribution in [-0.4, -0.2) is 78.8 Å². The SMILES string of the molecule is COc1ccccc1N1CCN(CCN2C(O)CCC2O)CC1.Cl. The molecule has 0 aliphatic carbocycles. The fraction of sp³-hybridized carbons (Fsp3) is 0.647. The van der Waals surface area contributed by atoms with Crippen molar-refractivity contribution < 1.29 is 14.9 Å². The van der Waals surface area contributed by atoms with E-state index in [0.29, 0.717) is 12.8 Å². The number of piperazine rings is 1. The van der Waals surface area contributed by atoms with E-state index in [-0.39, 0.29) is 12.4 Å². The van der Waals surface area contributed by atoms with Crippen LogP contribution in [0.25, 0.3) is 0 Å². The Morgan fingerprint density at radius 1 is 1.00 bits per heavy atom. The number of nitrogens with zero attached hydrogens (tertiary/aromatic N) is 3. The number of rotatable bonds is 5. The third-order valence-electron chi connectivity index (χ3n) is 4.92. The number of para-hydroxylation sites is 2. The molecule has 2 N–H and O–H groups in total. The second-order valence-corrected chi connectivity index (χ2v) is 6.28. The molecule has 2 unspecified atom stereocenters. The summed E-state index contributed by atoms with van der Waals surface area (Å²) in [5.74, 6) is 0.921. The van der Waals surface area contributed by atoms with Crippen LogP contribution in [0.15, 0.2) is 24.3 Å². The molecule has 2 heterocycles. The average Bonchev–Trinajstić information content (AvgIpc) is 2.92. The van der Waals surface area contributed by atoms with Crippen LogP contribution in [0, 0.1) is 0 Å². The zero-order valence-electron chi connectivity index (χ0n) is 14.2. The molecular formula is C17H28ClN3O3. The van der Waals surface area contributed by atoms with Crippen LogP contribution in [0.1, 0.15) is 12.8 Å². The summed E-state index contributed by atoms with van der Waals surface area (Å²) >= 11 is 0. The van der Waals surface area contributed by atoms with Gasteiger partial charge in [-0.05, 0) is 25.0 Å². The number of hydrogen-bond acceptors (Lipinski definition) is 6. The maximum Gasteiger partial charge on any atom is 0.142 e. The van der Waals surface area contributed by atoms with Crippen molar-refractivity contribution in [1.29, 1.82) is 0 Å². The van der Waals surface area contributed by atoms with Crippen molar-refractivity contribution in [3.8, 4) is 5.75 Å². The summed E-state index contributed by atoms with van der Waals surface area (Å²) in [5.41, 5.74) is 1.15. The quantitative estimate of drug-likeness (QED) is 0.819. The maximum absolute atomic E-state index is 9.86. The second-order valence-electron chi connectivity index (χ2n) is 6.28. The normalized spacial score (nSPS) is 25.5. The smallest absolute Gasteiger partial charge is 0.142 e. The fourth-order valence-electron chi connectivity index (χ4n) is 3.49. The lowest BCUT2D eigenvalue weighted by molar-refractivity contribution is -0.0565. The Morgan fingerprint density at radius 2 is 1.62 bits per heavy atom. The van der Waals surface area contributed by atoms with Gasteiger partial charge >= 0.3 is 0 Å².